The number of anilines is 1. The third-order valence-corrected chi connectivity index (χ3v) is 7.73. The lowest BCUT2D eigenvalue weighted by Gasteiger charge is -2.26. The number of carbonyl (C=O) groups excluding carboxylic acids is 2. The van der Waals surface area contributed by atoms with Crippen molar-refractivity contribution in [2.75, 3.05) is 38.5 Å². The molecule has 10 heteroatoms. The number of hydrogen-bond acceptors (Lipinski definition) is 6. The summed E-state index contributed by atoms with van der Waals surface area (Å²) in [6, 6.07) is 7.99. The van der Waals surface area contributed by atoms with Crippen LogP contribution in [-0.4, -0.2) is 62.7 Å². The van der Waals surface area contributed by atoms with Crippen molar-refractivity contribution >= 4 is 38.9 Å². The predicted octanol–water partition coefficient (Wildman–Crippen LogP) is 1.50. The van der Waals surface area contributed by atoms with Gasteiger partial charge in [0, 0.05) is 50.7 Å². The van der Waals surface area contributed by atoms with Crippen LogP contribution in [0.5, 0.6) is 0 Å². The molecular formula is C20H26N4O4S2. The number of likely N-dealkylation sites (N-methyl/N-ethyl adjacent to an activating group) is 1. The lowest BCUT2D eigenvalue weighted by Crippen LogP contribution is -2.42. The summed E-state index contributed by atoms with van der Waals surface area (Å²) >= 11 is 1.79. The van der Waals surface area contributed by atoms with Gasteiger partial charge in [-0.25, -0.2) is 8.42 Å². The van der Waals surface area contributed by atoms with Crippen LogP contribution in [-0.2, 0) is 32.6 Å². The second-order valence-corrected chi connectivity index (χ2v) is 10.3. The smallest absolute Gasteiger partial charge is 0.243 e. The van der Waals surface area contributed by atoms with E-state index in [9.17, 15) is 18.0 Å². The third kappa shape index (κ3) is 5.66. The fraction of sp³-hybridized carbons (Fsp3) is 0.400. The van der Waals surface area contributed by atoms with Gasteiger partial charge in [0.2, 0.25) is 21.8 Å². The molecule has 30 heavy (non-hydrogen) atoms. The van der Waals surface area contributed by atoms with Gasteiger partial charge in [0.25, 0.3) is 0 Å². The molecule has 0 radical (unpaired) electrons. The first-order valence-electron chi connectivity index (χ1n) is 9.64. The molecule has 0 atom stereocenters. The average Bonchev–Trinajstić information content (AvgIpc) is 3.15. The minimum Gasteiger partial charge on any atom is -0.354 e. The Hall–Kier alpha value is -2.27. The molecule has 1 aromatic heterocycles. The molecule has 0 bridgehead atoms. The highest BCUT2D eigenvalue weighted by Gasteiger charge is 2.23. The third-order valence-electron chi connectivity index (χ3n) is 4.89. The maximum Gasteiger partial charge on any atom is 0.243 e. The van der Waals surface area contributed by atoms with E-state index in [0.717, 1.165) is 30.4 Å². The molecule has 1 aliphatic heterocycles. The van der Waals surface area contributed by atoms with E-state index in [1.165, 1.54) is 48.7 Å². The Morgan fingerprint density at radius 1 is 1.20 bits per heavy atom. The normalized spacial score (nSPS) is 14.4. The van der Waals surface area contributed by atoms with Crippen molar-refractivity contribution in [2.24, 2.45) is 0 Å². The first-order valence-corrected chi connectivity index (χ1v) is 12.0. The topological polar surface area (TPSA) is 98.8 Å². The number of amides is 2. The van der Waals surface area contributed by atoms with Crippen molar-refractivity contribution in [3.05, 3.63) is 46.2 Å². The summed E-state index contributed by atoms with van der Waals surface area (Å²) in [5.41, 5.74) is 1.86. The second-order valence-electron chi connectivity index (χ2n) is 7.21. The summed E-state index contributed by atoms with van der Waals surface area (Å²) in [4.78, 5) is 27.1. The SMILES string of the molecule is CC(=O)Nc1ccc(S(=O)(=O)N(C)CC(=O)NCCN2CCc3sccc3C2)cc1. The molecule has 2 N–H and O–H groups in total. The zero-order valence-corrected chi connectivity index (χ0v) is 18.7. The number of rotatable bonds is 8. The van der Waals surface area contributed by atoms with Gasteiger partial charge in [-0.3, -0.25) is 14.5 Å². The van der Waals surface area contributed by atoms with Crippen molar-refractivity contribution in [1.82, 2.24) is 14.5 Å². The van der Waals surface area contributed by atoms with E-state index < -0.39 is 10.0 Å². The van der Waals surface area contributed by atoms with Crippen LogP contribution in [0.15, 0.2) is 40.6 Å². The highest BCUT2D eigenvalue weighted by Crippen LogP contribution is 2.23. The van der Waals surface area contributed by atoms with Gasteiger partial charge in [-0.15, -0.1) is 11.3 Å². The van der Waals surface area contributed by atoms with Crippen molar-refractivity contribution in [3.8, 4) is 0 Å². The van der Waals surface area contributed by atoms with Gasteiger partial charge in [-0.05, 0) is 47.7 Å². The first kappa shape index (κ1) is 22.4. The lowest BCUT2D eigenvalue weighted by molar-refractivity contribution is -0.121. The van der Waals surface area contributed by atoms with E-state index in [-0.39, 0.29) is 23.3 Å². The molecule has 0 spiro atoms. The summed E-state index contributed by atoms with van der Waals surface area (Å²) < 4.78 is 26.4. The van der Waals surface area contributed by atoms with Crippen molar-refractivity contribution in [3.63, 3.8) is 0 Å². The zero-order valence-electron chi connectivity index (χ0n) is 17.1. The summed E-state index contributed by atoms with van der Waals surface area (Å²) in [6.07, 6.45) is 1.03. The molecule has 1 aliphatic rings. The molecule has 3 rings (SSSR count). The van der Waals surface area contributed by atoms with E-state index in [4.69, 9.17) is 0 Å². The monoisotopic (exact) mass is 450 g/mol. The summed E-state index contributed by atoms with van der Waals surface area (Å²) in [5.74, 6) is -0.580. The molecule has 0 saturated heterocycles. The molecule has 1 aromatic carbocycles. The van der Waals surface area contributed by atoms with Crippen LogP contribution in [0.4, 0.5) is 5.69 Å². The fourth-order valence-electron chi connectivity index (χ4n) is 3.29. The van der Waals surface area contributed by atoms with Crippen LogP contribution in [0.25, 0.3) is 0 Å². The molecule has 162 valence electrons. The molecule has 2 amide bonds. The Bertz CT molecular complexity index is 1000. The molecule has 0 aliphatic carbocycles. The Kier molecular flexibility index (Phi) is 7.24. The van der Waals surface area contributed by atoms with Gasteiger partial charge in [0.15, 0.2) is 0 Å². The number of carbonyl (C=O) groups is 2. The van der Waals surface area contributed by atoms with Crippen LogP contribution in [0.2, 0.25) is 0 Å². The van der Waals surface area contributed by atoms with E-state index in [1.807, 2.05) is 0 Å². The fourth-order valence-corrected chi connectivity index (χ4v) is 5.30. The number of sulfonamides is 1. The van der Waals surface area contributed by atoms with Gasteiger partial charge >= 0.3 is 0 Å². The molecule has 0 unspecified atom stereocenters. The van der Waals surface area contributed by atoms with Gasteiger partial charge in [0.05, 0.1) is 11.4 Å². The van der Waals surface area contributed by atoms with Gasteiger partial charge < -0.3 is 10.6 Å². The molecule has 2 heterocycles. The van der Waals surface area contributed by atoms with Crippen LogP contribution < -0.4 is 10.6 Å². The maximum atomic E-state index is 12.7. The van der Waals surface area contributed by atoms with E-state index in [2.05, 4.69) is 27.0 Å². The van der Waals surface area contributed by atoms with Gasteiger partial charge in [0.1, 0.15) is 0 Å². The number of thiophene rings is 1. The van der Waals surface area contributed by atoms with E-state index >= 15 is 0 Å². The van der Waals surface area contributed by atoms with Gasteiger partial charge in [-0.2, -0.15) is 4.31 Å². The largest absolute Gasteiger partial charge is 0.354 e. The molecule has 8 nitrogen and oxygen atoms in total. The summed E-state index contributed by atoms with van der Waals surface area (Å²) in [7, 11) is -2.43. The second kappa shape index (κ2) is 9.69. The number of benzene rings is 1. The number of fused-ring (bicyclic) bond motifs is 1. The summed E-state index contributed by atoms with van der Waals surface area (Å²) in [5, 5.41) is 7.50. The minimum absolute atomic E-state index is 0.0618. The Labute approximate surface area is 180 Å². The highest BCUT2D eigenvalue weighted by atomic mass is 32.2. The Morgan fingerprint density at radius 2 is 1.93 bits per heavy atom. The first-order chi connectivity index (χ1) is 14.3. The predicted molar refractivity (Wildman–Crippen MR) is 117 cm³/mol. The summed E-state index contributed by atoms with van der Waals surface area (Å²) in [6.45, 7) is 4.16. The highest BCUT2D eigenvalue weighted by molar-refractivity contribution is 7.89. The van der Waals surface area contributed by atoms with E-state index in [0.29, 0.717) is 12.2 Å². The average molecular weight is 451 g/mol. The van der Waals surface area contributed by atoms with Gasteiger partial charge in [-0.1, -0.05) is 0 Å². The van der Waals surface area contributed by atoms with Crippen LogP contribution >= 0.6 is 11.3 Å². The van der Waals surface area contributed by atoms with Crippen molar-refractivity contribution < 1.29 is 18.0 Å². The van der Waals surface area contributed by atoms with Crippen molar-refractivity contribution in [1.29, 1.82) is 0 Å². The van der Waals surface area contributed by atoms with Crippen molar-refractivity contribution in [2.45, 2.75) is 24.8 Å². The number of nitrogens with zero attached hydrogens (tertiary/aromatic N) is 2. The van der Waals surface area contributed by atoms with Crippen LogP contribution in [0, 0.1) is 0 Å². The Balaban J connectivity index is 1.46. The van der Waals surface area contributed by atoms with Crippen LogP contribution in [0.3, 0.4) is 0 Å². The molecule has 2 aromatic rings. The maximum absolute atomic E-state index is 12.7. The number of hydrogen-bond donors (Lipinski definition) is 2. The standard InChI is InChI=1S/C20H26N4O4S2/c1-15(25)22-17-3-5-18(6-4-17)30(27,28)23(2)14-20(26)21-9-11-24-10-7-19-16(13-24)8-12-29-19/h3-6,8,12H,7,9-11,13-14H2,1-2H3,(H,21,26)(H,22,25). The number of nitrogens with one attached hydrogen (secondary N) is 2. The Morgan fingerprint density at radius 3 is 2.63 bits per heavy atom. The molecule has 0 saturated carbocycles. The quantitative estimate of drug-likeness (QED) is 0.635. The van der Waals surface area contributed by atoms with E-state index in [1.54, 1.807) is 11.3 Å². The van der Waals surface area contributed by atoms with Crippen LogP contribution in [0.1, 0.15) is 17.4 Å². The lowest BCUT2D eigenvalue weighted by atomic mass is 10.1. The molecule has 0 fully saturated rings. The molecular weight excluding hydrogens is 424 g/mol. The minimum atomic E-state index is -3.80. The zero-order chi connectivity index (χ0) is 21.7.